The van der Waals surface area contributed by atoms with Gasteiger partial charge in [0.2, 0.25) is 0 Å². The molecule has 2 rings (SSSR count). The lowest BCUT2D eigenvalue weighted by Gasteiger charge is -2.13. The number of nitrogens with one attached hydrogen (secondary N) is 2. The van der Waals surface area contributed by atoms with Crippen LogP contribution < -0.4 is 10.6 Å². The smallest absolute Gasteiger partial charge is 0.319 e. The minimum atomic E-state index is -0.270. The maximum Gasteiger partial charge on any atom is 0.319 e. The van der Waals surface area contributed by atoms with Crippen LogP contribution in [0.5, 0.6) is 0 Å². The Bertz CT molecular complexity index is 540. The van der Waals surface area contributed by atoms with Crippen molar-refractivity contribution in [2.45, 2.75) is 19.4 Å². The second-order valence-electron chi connectivity index (χ2n) is 4.43. The fraction of sp³-hybridized carbons (Fsp3) is 0.286. The number of carbonyl (C=O) groups is 1. The Morgan fingerprint density at radius 1 is 1.40 bits per heavy atom. The van der Waals surface area contributed by atoms with Crippen LogP contribution in [0.25, 0.3) is 10.6 Å². The normalized spacial score (nSPS) is 11.9. The lowest BCUT2D eigenvalue weighted by atomic mass is 10.2. The van der Waals surface area contributed by atoms with Crippen LogP contribution in [0.15, 0.2) is 35.8 Å². The summed E-state index contributed by atoms with van der Waals surface area (Å²) in [5.41, 5.74) is 1.75. The second kappa shape index (κ2) is 7.02. The molecular formula is C14H17N3O2S. The summed E-state index contributed by atoms with van der Waals surface area (Å²) in [5, 5.41) is 17.2. The van der Waals surface area contributed by atoms with Gasteiger partial charge in [-0.3, -0.25) is 0 Å². The highest BCUT2D eigenvalue weighted by Gasteiger charge is 2.07. The van der Waals surface area contributed by atoms with Crippen molar-refractivity contribution in [1.82, 2.24) is 10.3 Å². The minimum absolute atomic E-state index is 0.0595. The van der Waals surface area contributed by atoms with Gasteiger partial charge in [0.15, 0.2) is 0 Å². The highest BCUT2D eigenvalue weighted by molar-refractivity contribution is 7.13. The number of aromatic nitrogens is 1. The molecule has 1 aromatic heterocycles. The first kappa shape index (κ1) is 14.5. The highest BCUT2D eigenvalue weighted by Crippen LogP contribution is 2.23. The van der Waals surface area contributed by atoms with E-state index in [4.69, 9.17) is 5.11 Å². The molecule has 3 N–H and O–H groups in total. The molecule has 2 aromatic rings. The molecule has 6 heteroatoms. The van der Waals surface area contributed by atoms with E-state index >= 15 is 0 Å². The number of aliphatic hydroxyl groups excluding tert-OH is 1. The average Bonchev–Trinajstić information content (AvgIpc) is 2.93. The Kier molecular flexibility index (Phi) is 5.09. The quantitative estimate of drug-likeness (QED) is 0.793. The second-order valence-corrected chi connectivity index (χ2v) is 5.32. The Balaban J connectivity index is 1.92. The molecule has 1 atom stereocenters. The molecule has 0 aliphatic rings. The lowest BCUT2D eigenvalue weighted by Crippen LogP contribution is -2.36. The van der Waals surface area contributed by atoms with Crippen LogP contribution in [0.4, 0.5) is 10.5 Å². The minimum Gasteiger partial charge on any atom is -0.396 e. The summed E-state index contributed by atoms with van der Waals surface area (Å²) < 4.78 is 0. The van der Waals surface area contributed by atoms with Gasteiger partial charge in [-0.2, -0.15) is 0 Å². The number of nitrogens with zero attached hydrogens (tertiary/aromatic N) is 1. The molecule has 0 fully saturated rings. The molecule has 0 saturated heterocycles. The number of hydrogen-bond acceptors (Lipinski definition) is 4. The maximum absolute atomic E-state index is 11.7. The van der Waals surface area contributed by atoms with Crippen LogP contribution in [-0.2, 0) is 0 Å². The monoisotopic (exact) mass is 291 g/mol. The van der Waals surface area contributed by atoms with E-state index < -0.39 is 0 Å². The van der Waals surface area contributed by atoms with Crippen LogP contribution in [0.3, 0.4) is 0 Å². The molecule has 0 radical (unpaired) electrons. The van der Waals surface area contributed by atoms with Crippen LogP contribution in [0, 0.1) is 0 Å². The molecule has 0 saturated carbocycles. The van der Waals surface area contributed by atoms with E-state index in [9.17, 15) is 4.79 Å². The van der Waals surface area contributed by atoms with Crippen molar-refractivity contribution >= 4 is 23.1 Å². The van der Waals surface area contributed by atoms with E-state index in [0.717, 1.165) is 16.3 Å². The van der Waals surface area contributed by atoms with Crippen molar-refractivity contribution in [1.29, 1.82) is 0 Å². The van der Waals surface area contributed by atoms with Crippen LogP contribution in [0.2, 0.25) is 0 Å². The first-order chi connectivity index (χ1) is 9.69. The van der Waals surface area contributed by atoms with E-state index in [-0.39, 0.29) is 18.7 Å². The Labute approximate surface area is 121 Å². The third-order valence-electron chi connectivity index (χ3n) is 2.76. The first-order valence-corrected chi connectivity index (χ1v) is 7.25. The van der Waals surface area contributed by atoms with E-state index in [0.29, 0.717) is 6.42 Å². The first-order valence-electron chi connectivity index (χ1n) is 6.37. The van der Waals surface area contributed by atoms with Gasteiger partial charge in [0, 0.05) is 35.5 Å². The maximum atomic E-state index is 11.7. The number of urea groups is 1. The molecule has 0 bridgehead atoms. The molecule has 0 aliphatic heterocycles. The molecule has 0 unspecified atom stereocenters. The summed E-state index contributed by atoms with van der Waals surface area (Å²) in [5.74, 6) is 0. The average molecular weight is 291 g/mol. The summed E-state index contributed by atoms with van der Waals surface area (Å²) in [6.07, 6.45) is 2.30. The predicted octanol–water partition coefficient (Wildman–Crippen LogP) is 2.70. The van der Waals surface area contributed by atoms with Gasteiger partial charge in [-0.05, 0) is 37.6 Å². The number of benzene rings is 1. The van der Waals surface area contributed by atoms with E-state index in [1.807, 2.05) is 36.6 Å². The Hall–Kier alpha value is -1.92. The zero-order chi connectivity index (χ0) is 14.4. The zero-order valence-electron chi connectivity index (χ0n) is 11.2. The molecule has 2 amide bonds. The van der Waals surface area contributed by atoms with Gasteiger partial charge in [0.25, 0.3) is 0 Å². The molecule has 106 valence electrons. The summed E-state index contributed by atoms with van der Waals surface area (Å²) >= 11 is 1.58. The molecule has 0 aliphatic carbocycles. The van der Waals surface area contributed by atoms with Gasteiger partial charge in [-0.15, -0.1) is 11.3 Å². The Morgan fingerprint density at radius 3 is 2.75 bits per heavy atom. The molecule has 0 spiro atoms. The van der Waals surface area contributed by atoms with Crippen LogP contribution >= 0.6 is 11.3 Å². The fourth-order valence-electron chi connectivity index (χ4n) is 1.72. The number of carbonyl (C=O) groups excluding carboxylic acids is 1. The number of amides is 2. The zero-order valence-corrected chi connectivity index (χ0v) is 12.0. The topological polar surface area (TPSA) is 74.2 Å². The van der Waals surface area contributed by atoms with Gasteiger partial charge in [-0.25, -0.2) is 9.78 Å². The fourth-order valence-corrected chi connectivity index (χ4v) is 2.36. The number of hydrogen-bond donors (Lipinski definition) is 3. The van der Waals surface area contributed by atoms with Crippen molar-refractivity contribution in [2.75, 3.05) is 11.9 Å². The van der Waals surface area contributed by atoms with E-state index in [1.165, 1.54) is 0 Å². The van der Waals surface area contributed by atoms with Crippen molar-refractivity contribution in [3.05, 3.63) is 35.8 Å². The number of thiazole rings is 1. The predicted molar refractivity (Wildman–Crippen MR) is 80.9 cm³/mol. The largest absolute Gasteiger partial charge is 0.396 e. The summed E-state index contributed by atoms with van der Waals surface area (Å²) in [6, 6.07) is 7.19. The van der Waals surface area contributed by atoms with Crippen molar-refractivity contribution in [3.63, 3.8) is 0 Å². The van der Waals surface area contributed by atoms with E-state index in [2.05, 4.69) is 15.6 Å². The van der Waals surface area contributed by atoms with Gasteiger partial charge in [0.1, 0.15) is 5.01 Å². The van der Waals surface area contributed by atoms with Crippen molar-refractivity contribution < 1.29 is 9.90 Å². The number of aliphatic hydroxyl groups is 1. The molecule has 5 nitrogen and oxygen atoms in total. The lowest BCUT2D eigenvalue weighted by molar-refractivity contribution is 0.241. The molecular weight excluding hydrogens is 274 g/mol. The summed E-state index contributed by atoms with van der Waals surface area (Å²) in [6.45, 7) is 1.91. The molecule has 1 heterocycles. The van der Waals surface area contributed by atoms with Gasteiger partial charge in [0.05, 0.1) is 0 Å². The SMILES string of the molecule is C[C@H](CCO)NC(=O)Nc1ccc(-c2nccs2)cc1. The Morgan fingerprint density at radius 2 is 2.15 bits per heavy atom. The number of anilines is 1. The van der Waals surface area contributed by atoms with E-state index in [1.54, 1.807) is 17.5 Å². The highest BCUT2D eigenvalue weighted by atomic mass is 32.1. The summed E-state index contributed by atoms with van der Waals surface area (Å²) in [7, 11) is 0. The standard InChI is InChI=1S/C14H17N3O2S/c1-10(6-8-18)16-14(19)17-12-4-2-11(3-5-12)13-15-7-9-20-13/h2-5,7,9-10,18H,6,8H2,1H3,(H2,16,17,19)/t10-/m1/s1. The van der Waals surface area contributed by atoms with Gasteiger partial charge < -0.3 is 15.7 Å². The summed E-state index contributed by atoms with van der Waals surface area (Å²) in [4.78, 5) is 15.9. The van der Waals surface area contributed by atoms with Gasteiger partial charge in [-0.1, -0.05) is 0 Å². The molecule has 20 heavy (non-hydrogen) atoms. The van der Waals surface area contributed by atoms with Crippen molar-refractivity contribution in [3.8, 4) is 10.6 Å². The third-order valence-corrected chi connectivity index (χ3v) is 3.58. The number of rotatable bonds is 5. The molecule has 1 aromatic carbocycles. The van der Waals surface area contributed by atoms with Crippen molar-refractivity contribution in [2.24, 2.45) is 0 Å². The van der Waals surface area contributed by atoms with Gasteiger partial charge >= 0.3 is 6.03 Å². The van der Waals surface area contributed by atoms with Crippen LogP contribution in [0.1, 0.15) is 13.3 Å². The third kappa shape index (κ3) is 4.04. The van der Waals surface area contributed by atoms with Crippen LogP contribution in [-0.4, -0.2) is 28.8 Å².